The first kappa shape index (κ1) is 9.24. The highest BCUT2D eigenvalue weighted by Crippen LogP contribution is 2.68. The molecule has 0 saturated heterocycles. The minimum atomic E-state index is 0.143. The third-order valence-electron chi connectivity index (χ3n) is 5.95. The molecule has 4 rings (SSSR count). The van der Waals surface area contributed by atoms with Gasteiger partial charge in [0.15, 0.2) is 0 Å². The second-order valence-corrected chi connectivity index (χ2v) is 6.17. The van der Waals surface area contributed by atoms with E-state index in [0.717, 1.165) is 23.7 Å². The lowest BCUT2D eigenvalue weighted by molar-refractivity contribution is 0.0708. The first-order valence-corrected chi connectivity index (χ1v) is 6.54. The number of aliphatic hydroxyl groups excluding tert-OH is 1. The molecular formula is C14H17NO. The van der Waals surface area contributed by atoms with Crippen molar-refractivity contribution in [2.24, 2.45) is 47.3 Å². The minimum absolute atomic E-state index is 0.143. The van der Waals surface area contributed by atoms with Crippen LogP contribution in [0.25, 0.3) is 0 Å². The maximum absolute atomic E-state index is 9.51. The first-order chi connectivity index (χ1) is 7.85. The Morgan fingerprint density at radius 2 is 1.81 bits per heavy atom. The summed E-state index contributed by atoms with van der Waals surface area (Å²) in [7, 11) is 0. The van der Waals surface area contributed by atoms with Gasteiger partial charge in [-0.25, -0.2) is 0 Å². The van der Waals surface area contributed by atoms with Gasteiger partial charge in [-0.2, -0.15) is 5.26 Å². The number of fused-ring (bicyclic) bond motifs is 9. The highest BCUT2D eigenvalue weighted by atomic mass is 16.3. The zero-order chi connectivity index (χ0) is 10.9. The molecule has 0 aliphatic heterocycles. The Labute approximate surface area is 96.0 Å². The second-order valence-electron chi connectivity index (χ2n) is 6.17. The normalized spacial score (nSPS) is 60.2. The summed E-state index contributed by atoms with van der Waals surface area (Å²) in [6.45, 7) is 0.226. The van der Waals surface area contributed by atoms with Crippen LogP contribution in [0, 0.1) is 58.7 Å². The zero-order valence-corrected chi connectivity index (χ0v) is 9.29. The van der Waals surface area contributed by atoms with Crippen LogP contribution in [0.2, 0.25) is 0 Å². The fraction of sp³-hybridized carbons (Fsp3) is 0.786. The Bertz CT molecular complexity index is 396. The van der Waals surface area contributed by atoms with Crippen LogP contribution in [0.4, 0.5) is 0 Å². The molecule has 0 amide bonds. The number of allylic oxidation sites excluding steroid dienone is 2. The lowest BCUT2D eigenvalue weighted by Crippen LogP contribution is -2.37. The van der Waals surface area contributed by atoms with Crippen LogP contribution < -0.4 is 0 Å². The van der Waals surface area contributed by atoms with E-state index in [1.54, 1.807) is 0 Å². The minimum Gasteiger partial charge on any atom is -0.396 e. The summed E-state index contributed by atoms with van der Waals surface area (Å²) in [5.41, 5.74) is 0. The number of nitrogens with zero attached hydrogens (tertiary/aromatic N) is 1. The molecule has 16 heavy (non-hydrogen) atoms. The topological polar surface area (TPSA) is 44.0 Å². The van der Waals surface area contributed by atoms with E-state index in [1.165, 1.54) is 12.8 Å². The summed E-state index contributed by atoms with van der Waals surface area (Å²) in [5.74, 6) is 4.79. The number of rotatable bonds is 1. The van der Waals surface area contributed by atoms with Crippen LogP contribution in [0.5, 0.6) is 0 Å². The van der Waals surface area contributed by atoms with Gasteiger partial charge in [0, 0.05) is 12.5 Å². The Hall–Kier alpha value is -0.810. The van der Waals surface area contributed by atoms with Gasteiger partial charge in [-0.15, -0.1) is 0 Å². The van der Waals surface area contributed by atoms with Gasteiger partial charge in [0.05, 0.1) is 12.0 Å². The van der Waals surface area contributed by atoms with Crippen molar-refractivity contribution >= 4 is 0 Å². The van der Waals surface area contributed by atoms with Crippen LogP contribution in [0.1, 0.15) is 12.8 Å². The quantitative estimate of drug-likeness (QED) is 0.535. The summed E-state index contributed by atoms with van der Waals surface area (Å²) in [5, 5.41) is 18.8. The summed E-state index contributed by atoms with van der Waals surface area (Å²) in [6.07, 6.45) is 7.35. The van der Waals surface area contributed by atoms with Crippen LogP contribution in [0.3, 0.4) is 0 Å². The van der Waals surface area contributed by atoms with Crippen molar-refractivity contribution in [1.82, 2.24) is 0 Å². The fourth-order valence-corrected chi connectivity index (χ4v) is 5.60. The van der Waals surface area contributed by atoms with Crippen molar-refractivity contribution in [3.05, 3.63) is 12.2 Å². The summed E-state index contributed by atoms with van der Waals surface area (Å²) >= 11 is 0. The van der Waals surface area contributed by atoms with Crippen molar-refractivity contribution in [3.63, 3.8) is 0 Å². The van der Waals surface area contributed by atoms with E-state index in [1.807, 2.05) is 0 Å². The van der Waals surface area contributed by atoms with E-state index in [2.05, 4.69) is 18.2 Å². The highest BCUT2D eigenvalue weighted by molar-refractivity contribution is 5.23. The molecule has 0 heterocycles. The first-order valence-electron chi connectivity index (χ1n) is 6.54. The molecule has 0 spiro atoms. The van der Waals surface area contributed by atoms with Crippen molar-refractivity contribution in [3.8, 4) is 6.07 Å². The van der Waals surface area contributed by atoms with Crippen molar-refractivity contribution in [1.29, 1.82) is 5.26 Å². The molecule has 1 N–H and O–H groups in total. The Morgan fingerprint density at radius 3 is 2.44 bits per heavy atom. The lowest BCUT2D eigenvalue weighted by atomic mass is 9.65. The average Bonchev–Trinajstić information content (AvgIpc) is 3.03. The number of nitriles is 1. The molecule has 8 unspecified atom stereocenters. The molecule has 4 aliphatic rings. The van der Waals surface area contributed by atoms with E-state index in [0.29, 0.717) is 11.8 Å². The molecule has 4 bridgehead atoms. The molecule has 0 aromatic rings. The predicted octanol–water partition coefficient (Wildman–Crippen LogP) is 1.82. The van der Waals surface area contributed by atoms with Gasteiger partial charge in [-0.3, -0.25) is 0 Å². The standard InChI is InChI=1S/C14H17NO/c15-5-11-9-4-10(12(11)6-16)14-8-2-1-7(3-8)13(9)14/h1-2,7-14,16H,3-4,6H2. The van der Waals surface area contributed by atoms with Crippen molar-refractivity contribution < 1.29 is 5.11 Å². The fourth-order valence-electron chi connectivity index (χ4n) is 5.60. The Kier molecular flexibility index (Phi) is 1.67. The van der Waals surface area contributed by atoms with E-state index in [4.69, 9.17) is 0 Å². The van der Waals surface area contributed by atoms with E-state index in [9.17, 15) is 10.4 Å². The van der Waals surface area contributed by atoms with E-state index >= 15 is 0 Å². The maximum Gasteiger partial charge on any atom is 0.0662 e. The van der Waals surface area contributed by atoms with Gasteiger partial charge >= 0.3 is 0 Å². The molecule has 3 saturated carbocycles. The van der Waals surface area contributed by atoms with Gasteiger partial charge < -0.3 is 5.11 Å². The van der Waals surface area contributed by atoms with Gasteiger partial charge in [-0.1, -0.05) is 12.2 Å². The van der Waals surface area contributed by atoms with Crippen LogP contribution in [0.15, 0.2) is 12.2 Å². The van der Waals surface area contributed by atoms with E-state index < -0.39 is 0 Å². The molecular weight excluding hydrogens is 198 g/mol. The highest BCUT2D eigenvalue weighted by Gasteiger charge is 2.64. The largest absolute Gasteiger partial charge is 0.396 e. The van der Waals surface area contributed by atoms with Gasteiger partial charge in [0.2, 0.25) is 0 Å². The van der Waals surface area contributed by atoms with Crippen molar-refractivity contribution in [2.45, 2.75) is 12.8 Å². The summed E-state index contributed by atoms with van der Waals surface area (Å²) < 4.78 is 0. The third-order valence-corrected chi connectivity index (χ3v) is 5.95. The second kappa shape index (κ2) is 2.90. The molecule has 8 atom stereocenters. The molecule has 2 heteroatoms. The molecule has 84 valence electrons. The van der Waals surface area contributed by atoms with Gasteiger partial charge in [0.1, 0.15) is 0 Å². The van der Waals surface area contributed by atoms with Crippen LogP contribution in [-0.2, 0) is 0 Å². The third kappa shape index (κ3) is 0.844. The Balaban J connectivity index is 1.74. The molecule has 4 aliphatic carbocycles. The number of hydrogen-bond acceptors (Lipinski definition) is 2. The number of aliphatic hydroxyl groups is 1. The molecule has 0 aromatic heterocycles. The van der Waals surface area contributed by atoms with Gasteiger partial charge in [-0.05, 0) is 48.3 Å². The van der Waals surface area contributed by atoms with Gasteiger partial charge in [0.25, 0.3) is 0 Å². The summed E-state index contributed by atoms with van der Waals surface area (Å²) in [6, 6.07) is 2.48. The maximum atomic E-state index is 9.51. The Morgan fingerprint density at radius 1 is 1.12 bits per heavy atom. The molecule has 0 aromatic carbocycles. The lowest BCUT2D eigenvalue weighted by Gasteiger charge is -2.38. The smallest absolute Gasteiger partial charge is 0.0662 e. The van der Waals surface area contributed by atoms with Crippen LogP contribution in [-0.4, -0.2) is 11.7 Å². The molecule has 2 nitrogen and oxygen atoms in total. The molecule has 3 fully saturated rings. The predicted molar refractivity (Wildman–Crippen MR) is 59.0 cm³/mol. The SMILES string of the molecule is N#CC1C(CO)C2CC1C1C3C=CC(C3)C21. The number of hydrogen-bond donors (Lipinski definition) is 1. The summed E-state index contributed by atoms with van der Waals surface area (Å²) in [4.78, 5) is 0. The van der Waals surface area contributed by atoms with E-state index in [-0.39, 0.29) is 18.4 Å². The van der Waals surface area contributed by atoms with Crippen molar-refractivity contribution in [2.75, 3.05) is 6.61 Å². The van der Waals surface area contributed by atoms with Crippen LogP contribution >= 0.6 is 0 Å². The molecule has 0 radical (unpaired) electrons. The average molecular weight is 215 g/mol. The monoisotopic (exact) mass is 215 g/mol. The zero-order valence-electron chi connectivity index (χ0n) is 9.29.